The molecule has 0 radical (unpaired) electrons. The fourth-order valence-corrected chi connectivity index (χ4v) is 1.66. The molecular weight excluding hydrogens is 238 g/mol. The zero-order chi connectivity index (χ0) is 13.8. The first kappa shape index (κ1) is 14.6. The highest BCUT2D eigenvalue weighted by atomic mass is 19.1. The quantitative estimate of drug-likeness (QED) is 0.848. The summed E-state index contributed by atoms with van der Waals surface area (Å²) in [5.41, 5.74) is 4.84. The first-order valence-corrected chi connectivity index (χ1v) is 5.89. The van der Waals surface area contributed by atoms with Crippen LogP contribution in [0.4, 0.5) is 8.78 Å². The van der Waals surface area contributed by atoms with Gasteiger partial charge < -0.3 is 11.1 Å². The summed E-state index contributed by atoms with van der Waals surface area (Å²) in [5, 5.41) is 2.74. The van der Waals surface area contributed by atoms with Gasteiger partial charge in [0.1, 0.15) is 11.6 Å². The van der Waals surface area contributed by atoms with Crippen LogP contribution in [0, 0.1) is 11.6 Å². The van der Waals surface area contributed by atoms with Gasteiger partial charge in [0.15, 0.2) is 0 Å². The average Bonchev–Trinajstić information content (AvgIpc) is 2.28. The second kappa shape index (κ2) is 5.91. The number of carbonyl (C=O) groups is 1. The molecule has 3 nitrogen and oxygen atoms in total. The van der Waals surface area contributed by atoms with Crippen molar-refractivity contribution in [2.45, 2.75) is 32.2 Å². The van der Waals surface area contributed by atoms with E-state index in [0.29, 0.717) is 25.5 Å². The number of hydrogen-bond donors (Lipinski definition) is 2. The normalized spacial score (nSPS) is 14.1. The standard InChI is InChI=1S/C13H18F2N2O/c1-3-13(2,6-7-16)17-12(18)10-5-4-9(14)8-11(10)15/h4-5,8H,3,6-7,16H2,1-2H3,(H,17,18). The number of benzene rings is 1. The first-order chi connectivity index (χ1) is 8.41. The summed E-state index contributed by atoms with van der Waals surface area (Å²) in [7, 11) is 0. The van der Waals surface area contributed by atoms with Gasteiger partial charge in [0.25, 0.3) is 5.91 Å². The molecule has 0 aliphatic heterocycles. The molecule has 0 spiro atoms. The lowest BCUT2D eigenvalue weighted by Gasteiger charge is -2.29. The molecule has 1 amide bonds. The third-order valence-corrected chi connectivity index (χ3v) is 3.07. The summed E-state index contributed by atoms with van der Waals surface area (Å²) in [4.78, 5) is 11.9. The Balaban J connectivity index is 2.87. The van der Waals surface area contributed by atoms with Crippen molar-refractivity contribution in [2.24, 2.45) is 5.73 Å². The van der Waals surface area contributed by atoms with Gasteiger partial charge in [-0.05, 0) is 38.4 Å². The van der Waals surface area contributed by atoms with Crippen molar-refractivity contribution in [1.82, 2.24) is 5.32 Å². The van der Waals surface area contributed by atoms with Gasteiger partial charge in [0, 0.05) is 11.6 Å². The van der Waals surface area contributed by atoms with E-state index in [-0.39, 0.29) is 5.56 Å². The lowest BCUT2D eigenvalue weighted by Crippen LogP contribution is -2.47. The highest BCUT2D eigenvalue weighted by Gasteiger charge is 2.25. The molecule has 0 saturated carbocycles. The number of carbonyl (C=O) groups excluding carboxylic acids is 1. The predicted octanol–water partition coefficient (Wildman–Crippen LogP) is 2.21. The van der Waals surface area contributed by atoms with Gasteiger partial charge in [-0.2, -0.15) is 0 Å². The van der Waals surface area contributed by atoms with Gasteiger partial charge in [-0.15, -0.1) is 0 Å². The highest BCUT2D eigenvalue weighted by molar-refractivity contribution is 5.94. The number of halogens is 2. The Hall–Kier alpha value is -1.49. The van der Waals surface area contributed by atoms with E-state index in [9.17, 15) is 13.6 Å². The van der Waals surface area contributed by atoms with E-state index >= 15 is 0 Å². The van der Waals surface area contributed by atoms with Crippen LogP contribution in [-0.2, 0) is 0 Å². The maximum Gasteiger partial charge on any atom is 0.254 e. The van der Waals surface area contributed by atoms with Gasteiger partial charge >= 0.3 is 0 Å². The van der Waals surface area contributed by atoms with Crippen LogP contribution in [0.3, 0.4) is 0 Å². The van der Waals surface area contributed by atoms with E-state index in [4.69, 9.17) is 5.73 Å². The van der Waals surface area contributed by atoms with Crippen LogP contribution in [0.15, 0.2) is 18.2 Å². The summed E-state index contributed by atoms with van der Waals surface area (Å²) in [5.74, 6) is -2.12. The van der Waals surface area contributed by atoms with Gasteiger partial charge in [-0.1, -0.05) is 6.92 Å². The summed E-state index contributed by atoms with van der Waals surface area (Å²) in [6.45, 7) is 4.19. The van der Waals surface area contributed by atoms with Crippen LogP contribution in [0.2, 0.25) is 0 Å². The largest absolute Gasteiger partial charge is 0.347 e. The predicted molar refractivity (Wildman–Crippen MR) is 66.2 cm³/mol. The molecule has 0 aliphatic rings. The zero-order valence-electron chi connectivity index (χ0n) is 10.6. The third kappa shape index (κ3) is 3.50. The van der Waals surface area contributed by atoms with Crippen LogP contribution in [0.1, 0.15) is 37.0 Å². The molecule has 1 aromatic carbocycles. The molecule has 3 N–H and O–H groups in total. The van der Waals surface area contributed by atoms with Crippen molar-refractivity contribution in [2.75, 3.05) is 6.54 Å². The summed E-state index contributed by atoms with van der Waals surface area (Å²) < 4.78 is 26.2. The second-order valence-electron chi connectivity index (χ2n) is 4.53. The molecular formula is C13H18F2N2O. The summed E-state index contributed by atoms with van der Waals surface area (Å²) in [6, 6.07) is 2.89. The molecule has 1 aromatic rings. The van der Waals surface area contributed by atoms with Gasteiger partial charge in [-0.3, -0.25) is 4.79 Å². The molecule has 0 saturated heterocycles. The number of amides is 1. The Labute approximate surface area is 105 Å². The SMILES string of the molecule is CCC(C)(CCN)NC(=O)c1ccc(F)cc1F. The van der Waals surface area contributed by atoms with E-state index < -0.39 is 23.1 Å². The molecule has 0 aliphatic carbocycles. The minimum Gasteiger partial charge on any atom is -0.347 e. The van der Waals surface area contributed by atoms with E-state index in [1.165, 1.54) is 0 Å². The molecule has 1 atom stereocenters. The molecule has 1 unspecified atom stereocenters. The highest BCUT2D eigenvalue weighted by Crippen LogP contribution is 2.16. The van der Waals surface area contributed by atoms with Crippen molar-refractivity contribution in [3.63, 3.8) is 0 Å². The minimum atomic E-state index is -0.862. The summed E-state index contributed by atoms with van der Waals surface area (Å²) >= 11 is 0. The maximum atomic E-state index is 13.4. The van der Waals surface area contributed by atoms with E-state index in [1.54, 1.807) is 0 Å². The maximum absolute atomic E-state index is 13.4. The van der Waals surface area contributed by atoms with Crippen molar-refractivity contribution < 1.29 is 13.6 Å². The lowest BCUT2D eigenvalue weighted by atomic mass is 9.94. The third-order valence-electron chi connectivity index (χ3n) is 3.07. The molecule has 100 valence electrons. The van der Waals surface area contributed by atoms with Crippen LogP contribution in [0.5, 0.6) is 0 Å². The topological polar surface area (TPSA) is 55.1 Å². The molecule has 18 heavy (non-hydrogen) atoms. The Morgan fingerprint density at radius 2 is 2.11 bits per heavy atom. The Morgan fingerprint density at radius 3 is 2.61 bits per heavy atom. The van der Waals surface area contributed by atoms with Gasteiger partial charge in [0.05, 0.1) is 5.56 Å². The average molecular weight is 256 g/mol. The van der Waals surface area contributed by atoms with Crippen LogP contribution in [-0.4, -0.2) is 18.0 Å². The molecule has 0 bridgehead atoms. The smallest absolute Gasteiger partial charge is 0.254 e. The second-order valence-corrected chi connectivity index (χ2v) is 4.53. The first-order valence-electron chi connectivity index (χ1n) is 5.89. The molecule has 5 heteroatoms. The Kier molecular flexibility index (Phi) is 4.78. The van der Waals surface area contributed by atoms with Crippen molar-refractivity contribution in [3.05, 3.63) is 35.4 Å². The van der Waals surface area contributed by atoms with E-state index in [0.717, 1.165) is 12.1 Å². The van der Waals surface area contributed by atoms with Crippen LogP contribution in [0.25, 0.3) is 0 Å². The van der Waals surface area contributed by atoms with Crippen LogP contribution < -0.4 is 11.1 Å². The van der Waals surface area contributed by atoms with E-state index in [1.807, 2.05) is 13.8 Å². The monoisotopic (exact) mass is 256 g/mol. The lowest BCUT2D eigenvalue weighted by molar-refractivity contribution is 0.0895. The van der Waals surface area contributed by atoms with Gasteiger partial charge in [0.2, 0.25) is 0 Å². The van der Waals surface area contributed by atoms with Gasteiger partial charge in [-0.25, -0.2) is 8.78 Å². The minimum absolute atomic E-state index is 0.159. The Bertz CT molecular complexity index is 437. The number of rotatable bonds is 5. The molecule has 0 aromatic heterocycles. The molecule has 0 fully saturated rings. The van der Waals surface area contributed by atoms with Crippen LogP contribution >= 0.6 is 0 Å². The van der Waals surface area contributed by atoms with Crippen molar-refractivity contribution in [1.29, 1.82) is 0 Å². The number of nitrogens with one attached hydrogen (secondary N) is 1. The fourth-order valence-electron chi connectivity index (χ4n) is 1.66. The van der Waals surface area contributed by atoms with Crippen molar-refractivity contribution in [3.8, 4) is 0 Å². The van der Waals surface area contributed by atoms with E-state index in [2.05, 4.69) is 5.32 Å². The fraction of sp³-hybridized carbons (Fsp3) is 0.462. The number of hydrogen-bond acceptors (Lipinski definition) is 2. The Morgan fingerprint density at radius 1 is 1.44 bits per heavy atom. The van der Waals surface area contributed by atoms with Crippen molar-refractivity contribution >= 4 is 5.91 Å². The number of nitrogens with two attached hydrogens (primary N) is 1. The molecule has 1 rings (SSSR count). The zero-order valence-corrected chi connectivity index (χ0v) is 10.6. The molecule has 0 heterocycles. The summed E-state index contributed by atoms with van der Waals surface area (Å²) in [6.07, 6.45) is 1.27.